The third-order valence-electron chi connectivity index (χ3n) is 4.70. The van der Waals surface area contributed by atoms with Crippen LogP contribution in [0.1, 0.15) is 23.2 Å². The number of thiazole rings is 1. The van der Waals surface area contributed by atoms with Gasteiger partial charge < -0.3 is 20.5 Å². The van der Waals surface area contributed by atoms with Gasteiger partial charge in [-0.05, 0) is 12.5 Å². The minimum absolute atomic E-state index is 0.0414. The molecule has 11 nitrogen and oxygen atoms in total. The van der Waals surface area contributed by atoms with Gasteiger partial charge in [0, 0.05) is 36.4 Å². The molecule has 2 aromatic heterocycles. The van der Waals surface area contributed by atoms with Crippen LogP contribution < -0.4 is 10.6 Å². The van der Waals surface area contributed by atoms with Gasteiger partial charge in [0.25, 0.3) is 11.8 Å². The average Bonchev–Trinajstić information content (AvgIpc) is 3.48. The van der Waals surface area contributed by atoms with Gasteiger partial charge in [-0.2, -0.15) is 0 Å². The van der Waals surface area contributed by atoms with Crippen molar-refractivity contribution in [3.8, 4) is 11.3 Å². The molecule has 2 heterocycles. The maximum atomic E-state index is 12.9. The number of benzene rings is 1. The third kappa shape index (κ3) is 7.73. The summed E-state index contributed by atoms with van der Waals surface area (Å²) in [6.45, 7) is -0.146. The number of amides is 2. The van der Waals surface area contributed by atoms with Gasteiger partial charge in [0.05, 0.1) is 24.1 Å². The summed E-state index contributed by atoms with van der Waals surface area (Å²) in [6.07, 6.45) is 3.50. The number of aromatic nitrogens is 2. The molecule has 0 saturated heterocycles. The number of hydrogen-bond acceptors (Lipinski definition) is 8. The molecule has 3 aromatic rings. The van der Waals surface area contributed by atoms with Gasteiger partial charge in [-0.1, -0.05) is 30.3 Å². The van der Waals surface area contributed by atoms with Crippen molar-refractivity contribution in [1.82, 2.24) is 14.3 Å². The van der Waals surface area contributed by atoms with E-state index in [0.717, 1.165) is 22.0 Å². The van der Waals surface area contributed by atoms with E-state index < -0.39 is 33.8 Å². The van der Waals surface area contributed by atoms with Gasteiger partial charge in [0.15, 0.2) is 5.13 Å². The molecule has 0 spiro atoms. The van der Waals surface area contributed by atoms with E-state index in [1.165, 1.54) is 23.6 Å². The van der Waals surface area contributed by atoms with E-state index >= 15 is 0 Å². The lowest BCUT2D eigenvalue weighted by Crippen LogP contribution is -2.46. The Balaban J connectivity index is 1.68. The van der Waals surface area contributed by atoms with Crippen molar-refractivity contribution < 1.29 is 32.6 Å². The highest BCUT2D eigenvalue weighted by atomic mass is 32.2. The van der Waals surface area contributed by atoms with Crippen molar-refractivity contribution >= 4 is 44.3 Å². The summed E-state index contributed by atoms with van der Waals surface area (Å²) in [4.78, 5) is 40.7. The first-order valence-corrected chi connectivity index (χ1v) is 13.2. The minimum Gasteiger partial charge on any atom is -0.481 e. The summed E-state index contributed by atoms with van der Waals surface area (Å²) >= 11 is 1.21. The lowest BCUT2D eigenvalue weighted by Gasteiger charge is -2.17. The monoisotopic (exact) mass is 520 g/mol. The van der Waals surface area contributed by atoms with Gasteiger partial charge in [-0.15, -0.1) is 11.3 Å². The van der Waals surface area contributed by atoms with Crippen LogP contribution in [-0.2, 0) is 24.3 Å². The van der Waals surface area contributed by atoms with Crippen LogP contribution in [-0.4, -0.2) is 65.8 Å². The summed E-state index contributed by atoms with van der Waals surface area (Å²) in [7, 11) is -3.57. The molecule has 3 N–H and O–H groups in total. The largest absolute Gasteiger partial charge is 0.481 e. The predicted molar refractivity (Wildman–Crippen MR) is 130 cm³/mol. The summed E-state index contributed by atoms with van der Waals surface area (Å²) in [6, 6.07) is 9.57. The fraction of sp³-hybridized carbons (Fsp3) is 0.273. The van der Waals surface area contributed by atoms with Crippen LogP contribution in [0.2, 0.25) is 0 Å². The normalized spacial score (nSPS) is 12.1. The number of carboxylic acid groups (broad SMARTS) is 1. The molecule has 13 heteroatoms. The van der Waals surface area contributed by atoms with Crippen LogP contribution in [0.4, 0.5) is 5.13 Å². The number of carboxylic acids is 1. The highest BCUT2D eigenvalue weighted by molar-refractivity contribution is 7.89. The van der Waals surface area contributed by atoms with Crippen molar-refractivity contribution in [3.05, 3.63) is 59.7 Å². The molecule has 0 radical (unpaired) electrons. The van der Waals surface area contributed by atoms with E-state index in [2.05, 4.69) is 15.6 Å². The number of hydrogen-bond donors (Lipinski definition) is 3. The van der Waals surface area contributed by atoms with E-state index in [4.69, 9.17) is 9.84 Å². The molecule has 1 atom stereocenters. The number of nitrogens with zero attached hydrogens (tertiary/aromatic N) is 2. The van der Waals surface area contributed by atoms with Crippen molar-refractivity contribution in [2.24, 2.45) is 0 Å². The quantitative estimate of drug-likeness (QED) is 0.306. The van der Waals surface area contributed by atoms with Gasteiger partial charge in [0.2, 0.25) is 10.0 Å². The van der Waals surface area contributed by atoms with Crippen molar-refractivity contribution in [3.63, 3.8) is 0 Å². The van der Waals surface area contributed by atoms with Crippen molar-refractivity contribution in [2.45, 2.75) is 18.9 Å². The number of rotatable bonds is 12. The summed E-state index contributed by atoms with van der Waals surface area (Å²) in [5, 5.41) is 16.0. The Morgan fingerprint density at radius 1 is 1.20 bits per heavy atom. The van der Waals surface area contributed by atoms with E-state index in [9.17, 15) is 22.8 Å². The molecule has 0 fully saturated rings. The molecule has 3 rings (SSSR count). The summed E-state index contributed by atoms with van der Waals surface area (Å²) in [5.41, 5.74) is 1.60. The molecular formula is C22H24N4O7S2. The van der Waals surface area contributed by atoms with Crippen molar-refractivity contribution in [2.75, 3.05) is 24.8 Å². The molecule has 2 amide bonds. The first-order valence-electron chi connectivity index (χ1n) is 10.4. The number of aliphatic carboxylic acids is 1. The molecule has 1 aromatic carbocycles. The minimum atomic E-state index is -3.57. The number of ether oxygens (including phenoxy) is 1. The van der Waals surface area contributed by atoms with Crippen LogP contribution in [0.3, 0.4) is 0 Å². The Morgan fingerprint density at radius 2 is 1.94 bits per heavy atom. The molecule has 0 aliphatic heterocycles. The highest BCUT2D eigenvalue weighted by Gasteiger charge is 2.24. The summed E-state index contributed by atoms with van der Waals surface area (Å²) in [5.74, 6) is -2.23. The second-order valence-corrected chi connectivity index (χ2v) is 10.2. The van der Waals surface area contributed by atoms with Crippen molar-refractivity contribution in [1.29, 1.82) is 0 Å². The highest BCUT2D eigenvalue weighted by Crippen LogP contribution is 2.24. The SMILES string of the molecule is CS(=O)(=O)n1ccc(C(=O)NC(COCCCC(=O)O)C(=O)Nc2nc(-c3ccccc3)cs2)c1. The molecule has 0 bridgehead atoms. The van der Waals surface area contributed by atoms with Crippen LogP contribution in [0, 0.1) is 0 Å². The van der Waals surface area contributed by atoms with Gasteiger partial charge in [0.1, 0.15) is 6.04 Å². The van der Waals surface area contributed by atoms with Crippen LogP contribution in [0.15, 0.2) is 54.2 Å². The Labute approximate surface area is 205 Å². The standard InChI is InChI=1S/C22H24N4O7S2/c1-35(31,32)26-10-9-16(12-26)20(29)23-17(13-33-11-5-8-19(27)28)21(30)25-22-24-18(14-34-22)15-6-3-2-4-7-15/h2-4,6-7,9-10,12,14,17H,5,8,11,13H2,1H3,(H,23,29)(H,27,28)(H,24,25,30). The molecule has 1 unspecified atom stereocenters. The molecule has 0 saturated carbocycles. The Morgan fingerprint density at radius 3 is 2.60 bits per heavy atom. The molecule has 35 heavy (non-hydrogen) atoms. The van der Waals surface area contributed by atoms with Crippen LogP contribution in [0.25, 0.3) is 11.3 Å². The number of anilines is 1. The van der Waals surface area contributed by atoms with E-state index in [1.54, 1.807) is 5.38 Å². The number of carbonyl (C=O) groups excluding carboxylic acids is 2. The van der Waals surface area contributed by atoms with Gasteiger partial charge in [-0.25, -0.2) is 13.4 Å². The van der Waals surface area contributed by atoms with Gasteiger partial charge in [-0.3, -0.25) is 18.4 Å². The molecule has 0 aliphatic carbocycles. The second-order valence-electron chi connectivity index (χ2n) is 7.48. The van der Waals surface area contributed by atoms with E-state index in [-0.39, 0.29) is 31.6 Å². The molecule has 186 valence electrons. The maximum absolute atomic E-state index is 12.9. The van der Waals surface area contributed by atoms with Crippen LogP contribution >= 0.6 is 11.3 Å². The third-order valence-corrected chi connectivity index (χ3v) is 6.45. The zero-order chi connectivity index (χ0) is 25.4. The lowest BCUT2D eigenvalue weighted by molar-refractivity contribution is -0.137. The first kappa shape index (κ1) is 26.1. The second kappa shape index (κ2) is 11.7. The zero-order valence-electron chi connectivity index (χ0n) is 18.7. The number of nitrogens with one attached hydrogen (secondary N) is 2. The average molecular weight is 521 g/mol. The molecule has 0 aliphatic rings. The van der Waals surface area contributed by atoms with E-state index in [0.29, 0.717) is 10.8 Å². The first-order chi connectivity index (χ1) is 16.6. The fourth-order valence-corrected chi connectivity index (χ4v) is 4.24. The van der Waals surface area contributed by atoms with Gasteiger partial charge >= 0.3 is 5.97 Å². The topological polar surface area (TPSA) is 157 Å². The molecular weight excluding hydrogens is 496 g/mol. The lowest BCUT2D eigenvalue weighted by atomic mass is 10.2. The fourth-order valence-electron chi connectivity index (χ4n) is 2.93. The summed E-state index contributed by atoms with van der Waals surface area (Å²) < 4.78 is 29.6. The zero-order valence-corrected chi connectivity index (χ0v) is 20.3. The number of carbonyl (C=O) groups is 3. The van der Waals surface area contributed by atoms with E-state index in [1.807, 2.05) is 30.3 Å². The predicted octanol–water partition coefficient (Wildman–Crippen LogP) is 2.04. The van der Waals surface area contributed by atoms with Crippen LogP contribution in [0.5, 0.6) is 0 Å². The smallest absolute Gasteiger partial charge is 0.303 e. The Bertz CT molecular complexity index is 1290. The maximum Gasteiger partial charge on any atom is 0.303 e. The Hall–Kier alpha value is -3.55. The Kier molecular flexibility index (Phi) is 8.73.